The summed E-state index contributed by atoms with van der Waals surface area (Å²) in [5.41, 5.74) is 3.48. The smallest absolute Gasteiger partial charge is 0.221 e. The van der Waals surface area contributed by atoms with Crippen molar-refractivity contribution in [3.63, 3.8) is 0 Å². The molecule has 1 aliphatic heterocycles. The second kappa shape index (κ2) is 11.1. The Bertz CT molecular complexity index is 748. The first-order chi connectivity index (χ1) is 14.1. The predicted octanol–water partition coefficient (Wildman–Crippen LogP) is 3.15. The molecule has 0 saturated carbocycles. The van der Waals surface area contributed by atoms with Crippen molar-refractivity contribution >= 4 is 11.6 Å². The molecule has 1 atom stereocenters. The lowest BCUT2D eigenvalue weighted by Gasteiger charge is -2.41. The van der Waals surface area contributed by atoms with E-state index in [-0.39, 0.29) is 12.5 Å². The van der Waals surface area contributed by atoms with Crippen LogP contribution in [0.2, 0.25) is 0 Å². The van der Waals surface area contributed by atoms with Gasteiger partial charge in [0.2, 0.25) is 5.91 Å². The molecular weight excluding hydrogens is 362 g/mol. The number of hydrogen-bond donors (Lipinski definition) is 2. The number of carbonyl (C=O) groups is 1. The average molecular weight is 396 g/mol. The molecule has 29 heavy (non-hydrogen) atoms. The summed E-state index contributed by atoms with van der Waals surface area (Å²) in [6, 6.07) is 19.1. The molecule has 156 valence electrons. The number of amides is 1. The van der Waals surface area contributed by atoms with E-state index < -0.39 is 0 Å². The highest BCUT2D eigenvalue weighted by Crippen LogP contribution is 2.18. The van der Waals surface area contributed by atoms with Gasteiger partial charge in [-0.2, -0.15) is 0 Å². The van der Waals surface area contributed by atoms with Gasteiger partial charge >= 0.3 is 0 Å². The van der Waals surface area contributed by atoms with Crippen LogP contribution in [0.15, 0.2) is 54.6 Å². The van der Waals surface area contributed by atoms with Gasteiger partial charge in [-0.25, -0.2) is 0 Å². The Hall–Kier alpha value is -2.21. The van der Waals surface area contributed by atoms with Crippen LogP contribution in [0.5, 0.6) is 0 Å². The van der Waals surface area contributed by atoms with Crippen LogP contribution in [0.3, 0.4) is 0 Å². The van der Waals surface area contributed by atoms with Gasteiger partial charge in [0.1, 0.15) is 0 Å². The maximum atomic E-state index is 11.2. The first kappa shape index (κ1) is 21.5. The molecule has 5 heteroatoms. The number of benzene rings is 2. The maximum Gasteiger partial charge on any atom is 0.221 e. The molecule has 0 radical (unpaired) electrons. The van der Waals surface area contributed by atoms with Crippen molar-refractivity contribution in [2.45, 2.75) is 38.8 Å². The SMILES string of the molecule is CC(=O)Nc1ccc(CN2CCN(CCCc3ccccc3)C(CCO)C2)cc1. The first-order valence-electron chi connectivity index (χ1n) is 10.6. The Balaban J connectivity index is 1.49. The van der Waals surface area contributed by atoms with Crippen molar-refractivity contribution in [1.82, 2.24) is 9.80 Å². The minimum atomic E-state index is -0.0482. The zero-order valence-corrected chi connectivity index (χ0v) is 17.4. The highest BCUT2D eigenvalue weighted by atomic mass is 16.3. The van der Waals surface area contributed by atoms with Gasteiger partial charge in [-0.15, -0.1) is 0 Å². The van der Waals surface area contributed by atoms with Crippen LogP contribution in [0.25, 0.3) is 0 Å². The van der Waals surface area contributed by atoms with Crippen molar-refractivity contribution in [3.05, 3.63) is 65.7 Å². The summed E-state index contributed by atoms with van der Waals surface area (Å²) in [5.74, 6) is -0.0482. The molecule has 0 spiro atoms. The van der Waals surface area contributed by atoms with Crippen LogP contribution in [0, 0.1) is 0 Å². The van der Waals surface area contributed by atoms with E-state index in [0.717, 1.165) is 57.7 Å². The summed E-state index contributed by atoms with van der Waals surface area (Å²) >= 11 is 0. The summed E-state index contributed by atoms with van der Waals surface area (Å²) in [6.45, 7) is 6.82. The number of rotatable bonds is 9. The number of aryl methyl sites for hydroxylation is 1. The number of aliphatic hydroxyl groups is 1. The van der Waals surface area contributed by atoms with E-state index in [0.29, 0.717) is 6.04 Å². The summed E-state index contributed by atoms with van der Waals surface area (Å²) in [5, 5.41) is 12.3. The van der Waals surface area contributed by atoms with Crippen LogP contribution >= 0.6 is 0 Å². The minimum absolute atomic E-state index is 0.0482. The molecule has 3 rings (SSSR count). The number of nitrogens with zero attached hydrogens (tertiary/aromatic N) is 2. The molecule has 2 aromatic carbocycles. The number of anilines is 1. The zero-order valence-electron chi connectivity index (χ0n) is 17.4. The van der Waals surface area contributed by atoms with Crippen LogP contribution in [0.4, 0.5) is 5.69 Å². The molecule has 0 bridgehead atoms. The molecule has 1 heterocycles. The Morgan fingerprint density at radius 1 is 1.07 bits per heavy atom. The third-order valence-corrected chi connectivity index (χ3v) is 5.59. The monoisotopic (exact) mass is 395 g/mol. The van der Waals surface area contributed by atoms with Crippen molar-refractivity contribution in [2.75, 3.05) is 38.1 Å². The van der Waals surface area contributed by atoms with E-state index in [1.54, 1.807) is 0 Å². The third kappa shape index (κ3) is 6.96. The van der Waals surface area contributed by atoms with E-state index in [1.807, 2.05) is 12.1 Å². The highest BCUT2D eigenvalue weighted by molar-refractivity contribution is 5.88. The second-order valence-electron chi connectivity index (χ2n) is 7.90. The molecule has 0 aromatic heterocycles. The molecule has 0 aliphatic carbocycles. The number of aliphatic hydroxyl groups excluding tert-OH is 1. The molecule has 1 fully saturated rings. The van der Waals surface area contributed by atoms with Crippen LogP contribution < -0.4 is 5.32 Å². The van der Waals surface area contributed by atoms with Crippen molar-refractivity contribution in [1.29, 1.82) is 0 Å². The van der Waals surface area contributed by atoms with E-state index in [9.17, 15) is 9.90 Å². The van der Waals surface area contributed by atoms with E-state index in [1.165, 1.54) is 18.1 Å². The lowest BCUT2D eigenvalue weighted by atomic mass is 10.1. The fourth-order valence-electron chi connectivity index (χ4n) is 4.10. The summed E-state index contributed by atoms with van der Waals surface area (Å²) < 4.78 is 0. The molecule has 1 aliphatic rings. The highest BCUT2D eigenvalue weighted by Gasteiger charge is 2.26. The van der Waals surface area contributed by atoms with Gasteiger partial charge in [-0.3, -0.25) is 14.6 Å². The molecule has 1 amide bonds. The second-order valence-corrected chi connectivity index (χ2v) is 7.90. The molecule has 2 aromatic rings. The predicted molar refractivity (Wildman–Crippen MR) is 118 cm³/mol. The normalized spacial score (nSPS) is 17.9. The quantitative estimate of drug-likeness (QED) is 0.685. The molecule has 1 unspecified atom stereocenters. The largest absolute Gasteiger partial charge is 0.396 e. The Kier molecular flexibility index (Phi) is 8.23. The molecule has 2 N–H and O–H groups in total. The van der Waals surface area contributed by atoms with Crippen LogP contribution in [-0.4, -0.2) is 59.6 Å². The van der Waals surface area contributed by atoms with E-state index in [2.05, 4.69) is 57.6 Å². The maximum absolute atomic E-state index is 11.2. The molecule has 5 nitrogen and oxygen atoms in total. The lowest BCUT2D eigenvalue weighted by molar-refractivity contribution is -0.114. The third-order valence-electron chi connectivity index (χ3n) is 5.59. The van der Waals surface area contributed by atoms with Crippen LogP contribution in [-0.2, 0) is 17.8 Å². The Morgan fingerprint density at radius 2 is 1.83 bits per heavy atom. The van der Waals surface area contributed by atoms with Gasteiger partial charge in [0.25, 0.3) is 0 Å². The van der Waals surface area contributed by atoms with Crippen molar-refractivity contribution in [2.24, 2.45) is 0 Å². The molecular formula is C24H33N3O2. The topological polar surface area (TPSA) is 55.8 Å². The van der Waals surface area contributed by atoms with Gasteiger partial charge in [0.15, 0.2) is 0 Å². The molecule has 1 saturated heterocycles. The summed E-state index contributed by atoms with van der Waals surface area (Å²) in [6.07, 6.45) is 3.08. The van der Waals surface area contributed by atoms with Gasteiger partial charge in [0, 0.05) is 51.4 Å². The minimum Gasteiger partial charge on any atom is -0.396 e. The average Bonchev–Trinajstić information content (AvgIpc) is 2.72. The van der Waals surface area contributed by atoms with Gasteiger partial charge in [-0.1, -0.05) is 42.5 Å². The zero-order chi connectivity index (χ0) is 20.5. The van der Waals surface area contributed by atoms with E-state index in [4.69, 9.17) is 0 Å². The van der Waals surface area contributed by atoms with Gasteiger partial charge in [0.05, 0.1) is 0 Å². The standard InChI is InChI=1S/C24H33N3O2/c1-20(29)25-23-11-9-22(10-12-23)18-26-15-16-27(24(19-26)13-17-28)14-5-8-21-6-3-2-4-7-21/h2-4,6-7,9-12,24,28H,5,8,13-19H2,1H3,(H,25,29). The Morgan fingerprint density at radius 3 is 2.52 bits per heavy atom. The van der Waals surface area contributed by atoms with Crippen molar-refractivity contribution in [3.8, 4) is 0 Å². The lowest BCUT2D eigenvalue weighted by Crippen LogP contribution is -2.53. The van der Waals surface area contributed by atoms with Crippen molar-refractivity contribution < 1.29 is 9.90 Å². The number of carbonyl (C=O) groups excluding carboxylic acids is 1. The Labute approximate surface area is 174 Å². The van der Waals surface area contributed by atoms with Gasteiger partial charge < -0.3 is 10.4 Å². The summed E-state index contributed by atoms with van der Waals surface area (Å²) in [7, 11) is 0. The number of piperazine rings is 1. The van der Waals surface area contributed by atoms with E-state index >= 15 is 0 Å². The summed E-state index contributed by atoms with van der Waals surface area (Å²) in [4.78, 5) is 16.2. The number of hydrogen-bond acceptors (Lipinski definition) is 4. The van der Waals surface area contributed by atoms with Crippen LogP contribution in [0.1, 0.15) is 30.9 Å². The fraction of sp³-hybridized carbons (Fsp3) is 0.458. The fourth-order valence-corrected chi connectivity index (χ4v) is 4.10. The number of nitrogens with one attached hydrogen (secondary N) is 1. The first-order valence-corrected chi connectivity index (χ1v) is 10.6. The van der Waals surface area contributed by atoms with Gasteiger partial charge in [-0.05, 0) is 49.1 Å².